The van der Waals surface area contributed by atoms with Crippen LogP contribution in [0.25, 0.3) is 0 Å². The molecule has 0 aliphatic heterocycles. The fourth-order valence-corrected chi connectivity index (χ4v) is 5.41. The molecule has 0 aromatic heterocycles. The van der Waals surface area contributed by atoms with Crippen LogP contribution in [-0.4, -0.2) is 27.2 Å². The Morgan fingerprint density at radius 2 is 1.62 bits per heavy atom. The van der Waals surface area contributed by atoms with Gasteiger partial charge in [0.05, 0.1) is 23.8 Å². The Balaban J connectivity index is 1.47. The maximum atomic E-state index is 12.8. The van der Waals surface area contributed by atoms with E-state index in [2.05, 4.69) is 5.32 Å². The highest BCUT2D eigenvalue weighted by Crippen LogP contribution is 2.26. The fraction of sp³-hybridized carbons (Fsp3) is 0.269. The molecule has 0 saturated carbocycles. The summed E-state index contributed by atoms with van der Waals surface area (Å²) in [5.74, 6) is 0.202. The summed E-state index contributed by atoms with van der Waals surface area (Å²) < 4.78 is 30.9. The lowest BCUT2D eigenvalue weighted by Gasteiger charge is -2.20. The van der Waals surface area contributed by atoms with Crippen LogP contribution in [0.2, 0.25) is 0 Å². The van der Waals surface area contributed by atoms with E-state index in [0.29, 0.717) is 4.90 Å². The van der Waals surface area contributed by atoms with Crippen LogP contribution in [0, 0.1) is 0 Å². The third-order valence-corrected chi connectivity index (χ3v) is 7.63. The standard InChI is InChI=1S/C26H27NO4S/c1-31-23-13-10-21(11-14-23)26(20-6-3-2-4-7-20)27-25(28)16-17-32(29,30)24-15-12-19-8-5-9-22(19)18-24/h2-4,6-7,10-15,18,26H,5,8-9,16-17H2,1H3,(H,27,28). The molecule has 166 valence electrons. The highest BCUT2D eigenvalue weighted by atomic mass is 32.2. The average Bonchev–Trinajstić information content (AvgIpc) is 3.30. The van der Waals surface area contributed by atoms with Crippen LogP contribution in [0.3, 0.4) is 0 Å². The minimum absolute atomic E-state index is 0.0983. The number of amides is 1. The highest BCUT2D eigenvalue weighted by Gasteiger charge is 2.22. The summed E-state index contributed by atoms with van der Waals surface area (Å²) in [5, 5.41) is 3.01. The second-order valence-electron chi connectivity index (χ2n) is 8.04. The molecule has 1 amide bonds. The van der Waals surface area contributed by atoms with Gasteiger partial charge in [0.2, 0.25) is 5.91 Å². The van der Waals surface area contributed by atoms with E-state index in [0.717, 1.165) is 41.7 Å². The third kappa shape index (κ3) is 5.02. The Labute approximate surface area is 189 Å². The molecular formula is C26H27NO4S. The molecule has 1 atom stereocenters. The number of fused-ring (bicyclic) bond motifs is 1. The average molecular weight is 450 g/mol. The Morgan fingerprint density at radius 1 is 0.938 bits per heavy atom. The predicted octanol–water partition coefficient (Wildman–Crippen LogP) is 4.25. The van der Waals surface area contributed by atoms with Crippen molar-refractivity contribution in [2.45, 2.75) is 36.6 Å². The minimum Gasteiger partial charge on any atom is -0.497 e. The summed E-state index contributed by atoms with van der Waals surface area (Å²) >= 11 is 0. The van der Waals surface area contributed by atoms with E-state index in [1.54, 1.807) is 19.2 Å². The van der Waals surface area contributed by atoms with E-state index in [1.807, 2.05) is 60.7 Å². The van der Waals surface area contributed by atoms with Gasteiger partial charge in [0, 0.05) is 6.42 Å². The van der Waals surface area contributed by atoms with Gasteiger partial charge in [0.15, 0.2) is 9.84 Å². The van der Waals surface area contributed by atoms with E-state index in [-0.39, 0.29) is 24.1 Å². The van der Waals surface area contributed by atoms with E-state index in [4.69, 9.17) is 4.74 Å². The first-order valence-electron chi connectivity index (χ1n) is 10.8. The summed E-state index contributed by atoms with van der Waals surface area (Å²) in [6.07, 6.45) is 2.89. The molecule has 0 saturated heterocycles. The monoisotopic (exact) mass is 449 g/mol. The number of ether oxygens (including phenoxy) is 1. The van der Waals surface area contributed by atoms with Crippen molar-refractivity contribution in [2.75, 3.05) is 12.9 Å². The van der Waals surface area contributed by atoms with Gasteiger partial charge >= 0.3 is 0 Å². The molecule has 5 nitrogen and oxygen atoms in total. The molecule has 3 aromatic carbocycles. The van der Waals surface area contributed by atoms with Gasteiger partial charge < -0.3 is 10.1 Å². The number of hydrogen-bond donors (Lipinski definition) is 1. The number of sulfone groups is 1. The lowest BCUT2D eigenvalue weighted by atomic mass is 9.98. The third-order valence-electron chi connectivity index (χ3n) is 5.91. The van der Waals surface area contributed by atoms with Crippen LogP contribution in [0.15, 0.2) is 77.7 Å². The molecule has 0 radical (unpaired) electrons. The predicted molar refractivity (Wildman–Crippen MR) is 125 cm³/mol. The quantitative estimate of drug-likeness (QED) is 0.558. The lowest BCUT2D eigenvalue weighted by molar-refractivity contribution is -0.121. The van der Waals surface area contributed by atoms with Crippen molar-refractivity contribution in [2.24, 2.45) is 0 Å². The number of carbonyl (C=O) groups is 1. The maximum absolute atomic E-state index is 12.8. The Kier molecular flexibility index (Phi) is 6.61. The molecule has 1 aliphatic rings. The number of benzene rings is 3. The Bertz CT molecular complexity index is 1190. The van der Waals surface area contributed by atoms with E-state index < -0.39 is 9.84 Å². The van der Waals surface area contributed by atoms with Crippen LogP contribution >= 0.6 is 0 Å². The van der Waals surface area contributed by atoms with E-state index in [9.17, 15) is 13.2 Å². The molecule has 0 fully saturated rings. The summed E-state index contributed by atoms with van der Waals surface area (Å²) in [6, 6.07) is 22.1. The summed E-state index contributed by atoms with van der Waals surface area (Å²) in [4.78, 5) is 13.1. The van der Waals surface area contributed by atoms with Crippen molar-refractivity contribution in [3.05, 3.63) is 95.1 Å². The van der Waals surface area contributed by atoms with Crippen molar-refractivity contribution in [3.63, 3.8) is 0 Å². The molecule has 3 aromatic rings. The first-order chi connectivity index (χ1) is 15.5. The van der Waals surface area contributed by atoms with Crippen molar-refractivity contribution in [3.8, 4) is 5.75 Å². The van der Waals surface area contributed by atoms with Crippen LogP contribution < -0.4 is 10.1 Å². The zero-order chi connectivity index (χ0) is 22.6. The SMILES string of the molecule is COc1ccc(C(NC(=O)CCS(=O)(=O)c2ccc3c(c2)CCC3)c2ccccc2)cc1. The van der Waals surface area contributed by atoms with Crippen molar-refractivity contribution in [1.82, 2.24) is 5.32 Å². The first-order valence-corrected chi connectivity index (χ1v) is 12.4. The molecular weight excluding hydrogens is 422 g/mol. The van der Waals surface area contributed by atoms with Gasteiger partial charge in [-0.2, -0.15) is 0 Å². The molecule has 0 spiro atoms. The van der Waals surface area contributed by atoms with Gasteiger partial charge in [-0.15, -0.1) is 0 Å². The van der Waals surface area contributed by atoms with Gasteiger partial charge in [0.1, 0.15) is 5.75 Å². The molecule has 4 rings (SSSR count). The smallest absolute Gasteiger partial charge is 0.221 e. The number of aryl methyl sites for hydroxylation is 2. The summed E-state index contributed by atoms with van der Waals surface area (Å²) in [7, 11) is -1.92. The summed E-state index contributed by atoms with van der Waals surface area (Å²) in [5.41, 5.74) is 4.16. The van der Waals surface area contributed by atoms with E-state index >= 15 is 0 Å². The number of methoxy groups -OCH3 is 1. The van der Waals surface area contributed by atoms with Crippen LogP contribution in [0.1, 0.15) is 41.1 Å². The molecule has 6 heteroatoms. The van der Waals surface area contributed by atoms with E-state index in [1.165, 1.54) is 5.56 Å². The zero-order valence-corrected chi connectivity index (χ0v) is 18.9. The van der Waals surface area contributed by atoms with Crippen molar-refractivity contribution < 1.29 is 17.9 Å². The van der Waals surface area contributed by atoms with Crippen molar-refractivity contribution >= 4 is 15.7 Å². The van der Waals surface area contributed by atoms with Crippen LogP contribution in [0.5, 0.6) is 5.75 Å². The van der Waals surface area contributed by atoms with Crippen LogP contribution in [-0.2, 0) is 27.5 Å². The molecule has 1 N–H and O–H groups in total. The Hall–Kier alpha value is -3.12. The van der Waals surface area contributed by atoms with Crippen LogP contribution in [0.4, 0.5) is 0 Å². The topological polar surface area (TPSA) is 72.5 Å². The number of rotatable bonds is 8. The molecule has 0 bridgehead atoms. The molecule has 1 aliphatic carbocycles. The molecule has 0 heterocycles. The first kappa shape index (κ1) is 22.1. The second kappa shape index (κ2) is 9.57. The molecule has 32 heavy (non-hydrogen) atoms. The van der Waals surface area contributed by atoms with Crippen molar-refractivity contribution in [1.29, 1.82) is 0 Å². The number of hydrogen-bond acceptors (Lipinski definition) is 4. The van der Waals surface area contributed by atoms with Gasteiger partial charge in [-0.05, 0) is 65.8 Å². The van der Waals surface area contributed by atoms with Gasteiger partial charge in [-0.3, -0.25) is 4.79 Å². The number of carbonyl (C=O) groups excluding carboxylic acids is 1. The second-order valence-corrected chi connectivity index (χ2v) is 10.1. The minimum atomic E-state index is -3.53. The lowest BCUT2D eigenvalue weighted by Crippen LogP contribution is -2.30. The Morgan fingerprint density at radius 3 is 2.34 bits per heavy atom. The maximum Gasteiger partial charge on any atom is 0.221 e. The fourth-order valence-electron chi connectivity index (χ4n) is 4.12. The highest BCUT2D eigenvalue weighted by molar-refractivity contribution is 7.91. The largest absolute Gasteiger partial charge is 0.497 e. The molecule has 1 unspecified atom stereocenters. The normalized spacial score (nSPS) is 13.9. The zero-order valence-electron chi connectivity index (χ0n) is 18.1. The summed E-state index contributed by atoms with van der Waals surface area (Å²) in [6.45, 7) is 0. The van der Waals surface area contributed by atoms with Gasteiger partial charge in [0.25, 0.3) is 0 Å². The number of nitrogens with one attached hydrogen (secondary N) is 1. The van der Waals surface area contributed by atoms with Gasteiger partial charge in [-0.1, -0.05) is 48.5 Å². The van der Waals surface area contributed by atoms with Gasteiger partial charge in [-0.25, -0.2) is 8.42 Å².